The Bertz CT molecular complexity index is 460. The van der Waals surface area contributed by atoms with Crippen molar-refractivity contribution in [2.45, 2.75) is 64.9 Å². The summed E-state index contributed by atoms with van der Waals surface area (Å²) < 4.78 is 5.18. The summed E-state index contributed by atoms with van der Waals surface area (Å²) in [5, 5.41) is 8.38. The van der Waals surface area contributed by atoms with Gasteiger partial charge in [0.15, 0.2) is 0 Å². The fourth-order valence-corrected chi connectivity index (χ4v) is 2.43. The SMILES string of the molecule is CC(C)(C)OC(=O)C1CCC(=O)C1.O=C1CCC(C(=O)O)C1. The standard InChI is InChI=1S/C10H16O3.C6H8O3/c1-10(2,3)13-9(12)7-4-5-8(11)6-7;7-5-2-1-4(3-5)6(8)9/h7H,4-6H2,1-3H3;4H,1-3H2,(H,8,9). The molecule has 0 amide bonds. The highest BCUT2D eigenvalue weighted by Crippen LogP contribution is 2.25. The lowest BCUT2D eigenvalue weighted by atomic mass is 10.1. The van der Waals surface area contributed by atoms with Gasteiger partial charge < -0.3 is 9.84 Å². The molecule has 0 aromatic heterocycles. The van der Waals surface area contributed by atoms with Crippen LogP contribution in [0, 0.1) is 11.8 Å². The van der Waals surface area contributed by atoms with E-state index in [1.54, 1.807) is 0 Å². The minimum Gasteiger partial charge on any atom is -0.481 e. The molecule has 2 fully saturated rings. The minimum absolute atomic E-state index is 0.0856. The Hall–Kier alpha value is -1.72. The second kappa shape index (κ2) is 7.51. The van der Waals surface area contributed by atoms with Crippen molar-refractivity contribution in [3.8, 4) is 0 Å². The van der Waals surface area contributed by atoms with E-state index in [2.05, 4.69) is 0 Å². The highest BCUT2D eigenvalue weighted by Gasteiger charge is 2.31. The van der Waals surface area contributed by atoms with Crippen molar-refractivity contribution < 1.29 is 29.0 Å². The number of carbonyl (C=O) groups is 4. The first-order chi connectivity index (χ1) is 10.1. The summed E-state index contributed by atoms with van der Waals surface area (Å²) in [4.78, 5) is 43.0. The van der Waals surface area contributed by atoms with Gasteiger partial charge in [0.05, 0.1) is 11.8 Å². The van der Waals surface area contributed by atoms with Crippen molar-refractivity contribution in [1.82, 2.24) is 0 Å². The van der Waals surface area contributed by atoms with E-state index in [1.807, 2.05) is 20.8 Å². The molecule has 2 saturated carbocycles. The summed E-state index contributed by atoms with van der Waals surface area (Å²) in [6.45, 7) is 5.50. The molecule has 0 bridgehead atoms. The van der Waals surface area contributed by atoms with Crippen LogP contribution in [0.4, 0.5) is 0 Å². The number of rotatable bonds is 2. The predicted octanol–water partition coefficient (Wildman–Crippen LogP) is 2.14. The molecule has 22 heavy (non-hydrogen) atoms. The number of ether oxygens (including phenoxy) is 1. The Morgan fingerprint density at radius 1 is 1.00 bits per heavy atom. The third-order valence-electron chi connectivity index (χ3n) is 3.58. The van der Waals surface area contributed by atoms with Crippen molar-refractivity contribution in [1.29, 1.82) is 0 Å². The largest absolute Gasteiger partial charge is 0.481 e. The minimum atomic E-state index is -0.833. The number of hydrogen-bond acceptors (Lipinski definition) is 5. The van der Waals surface area contributed by atoms with Crippen LogP contribution in [0.25, 0.3) is 0 Å². The van der Waals surface area contributed by atoms with Crippen LogP contribution in [0.2, 0.25) is 0 Å². The molecule has 0 saturated heterocycles. The summed E-state index contributed by atoms with van der Waals surface area (Å²) in [6, 6.07) is 0. The van der Waals surface area contributed by atoms with Gasteiger partial charge in [-0.3, -0.25) is 19.2 Å². The van der Waals surface area contributed by atoms with E-state index in [1.165, 1.54) is 0 Å². The second-order valence-corrected chi connectivity index (χ2v) is 6.83. The van der Waals surface area contributed by atoms with E-state index in [-0.39, 0.29) is 29.9 Å². The zero-order valence-electron chi connectivity index (χ0n) is 13.4. The summed E-state index contributed by atoms with van der Waals surface area (Å²) in [5.74, 6) is -1.37. The highest BCUT2D eigenvalue weighted by molar-refractivity contribution is 5.88. The second-order valence-electron chi connectivity index (χ2n) is 6.83. The van der Waals surface area contributed by atoms with E-state index in [0.717, 1.165) is 0 Å². The van der Waals surface area contributed by atoms with Gasteiger partial charge in [0.1, 0.15) is 17.2 Å². The number of Topliss-reactive ketones (excluding diaryl/α,β-unsaturated/α-hetero) is 2. The van der Waals surface area contributed by atoms with E-state index >= 15 is 0 Å². The summed E-state index contributed by atoms with van der Waals surface area (Å²) in [7, 11) is 0. The molecule has 6 heteroatoms. The fraction of sp³-hybridized carbons (Fsp3) is 0.750. The Morgan fingerprint density at radius 2 is 1.45 bits per heavy atom. The molecule has 0 aliphatic heterocycles. The van der Waals surface area contributed by atoms with Crippen LogP contribution < -0.4 is 0 Å². The predicted molar refractivity (Wildman–Crippen MR) is 78.2 cm³/mol. The van der Waals surface area contributed by atoms with Crippen LogP contribution in [0.1, 0.15) is 59.3 Å². The molecule has 2 atom stereocenters. The van der Waals surface area contributed by atoms with Crippen LogP contribution in [-0.4, -0.2) is 34.2 Å². The number of carbonyl (C=O) groups excluding carboxylic acids is 3. The van der Waals surface area contributed by atoms with Crippen molar-refractivity contribution in [3.05, 3.63) is 0 Å². The Labute approximate surface area is 130 Å². The molecule has 2 rings (SSSR count). The lowest BCUT2D eigenvalue weighted by Gasteiger charge is -2.21. The number of hydrogen-bond donors (Lipinski definition) is 1. The first-order valence-corrected chi connectivity index (χ1v) is 7.57. The maximum absolute atomic E-state index is 11.4. The van der Waals surface area contributed by atoms with Gasteiger partial charge in [0.25, 0.3) is 0 Å². The molecule has 124 valence electrons. The number of ketones is 2. The molecule has 6 nitrogen and oxygen atoms in total. The van der Waals surface area contributed by atoms with Gasteiger partial charge in [-0.25, -0.2) is 0 Å². The van der Waals surface area contributed by atoms with Gasteiger partial charge in [-0.15, -0.1) is 0 Å². The van der Waals surface area contributed by atoms with Gasteiger partial charge in [0, 0.05) is 25.7 Å². The smallest absolute Gasteiger partial charge is 0.309 e. The van der Waals surface area contributed by atoms with Crippen molar-refractivity contribution in [2.24, 2.45) is 11.8 Å². The monoisotopic (exact) mass is 312 g/mol. The van der Waals surface area contributed by atoms with Crippen molar-refractivity contribution in [2.75, 3.05) is 0 Å². The molecule has 2 unspecified atom stereocenters. The lowest BCUT2D eigenvalue weighted by Crippen LogP contribution is -2.27. The fourth-order valence-electron chi connectivity index (χ4n) is 2.43. The molecular formula is C16H24O6. The molecule has 0 aromatic carbocycles. The Kier molecular flexibility index (Phi) is 6.26. The molecule has 0 spiro atoms. The molecular weight excluding hydrogens is 288 g/mol. The molecule has 0 aromatic rings. The zero-order chi connectivity index (χ0) is 16.9. The quantitative estimate of drug-likeness (QED) is 0.784. The molecule has 1 N–H and O–H groups in total. The lowest BCUT2D eigenvalue weighted by molar-refractivity contribution is -0.160. The number of aliphatic carboxylic acids is 1. The molecule has 2 aliphatic carbocycles. The highest BCUT2D eigenvalue weighted by atomic mass is 16.6. The maximum atomic E-state index is 11.4. The summed E-state index contributed by atoms with van der Waals surface area (Å²) >= 11 is 0. The van der Waals surface area contributed by atoms with Crippen molar-refractivity contribution >= 4 is 23.5 Å². The van der Waals surface area contributed by atoms with Crippen LogP contribution >= 0.6 is 0 Å². The van der Waals surface area contributed by atoms with Gasteiger partial charge >= 0.3 is 11.9 Å². The number of carboxylic acid groups (broad SMARTS) is 1. The Balaban J connectivity index is 0.000000235. The number of esters is 1. The number of carboxylic acids is 1. The summed E-state index contributed by atoms with van der Waals surface area (Å²) in [5.41, 5.74) is -0.442. The van der Waals surface area contributed by atoms with Gasteiger partial charge in [-0.2, -0.15) is 0 Å². The van der Waals surface area contributed by atoms with Gasteiger partial charge in [-0.05, 0) is 33.6 Å². The van der Waals surface area contributed by atoms with Crippen molar-refractivity contribution in [3.63, 3.8) is 0 Å². The van der Waals surface area contributed by atoms with Crippen LogP contribution in [0.15, 0.2) is 0 Å². The Morgan fingerprint density at radius 3 is 1.73 bits per heavy atom. The van der Waals surface area contributed by atoms with E-state index in [0.29, 0.717) is 32.1 Å². The molecule has 0 radical (unpaired) electrons. The maximum Gasteiger partial charge on any atom is 0.309 e. The molecule has 0 heterocycles. The topological polar surface area (TPSA) is 97.7 Å². The van der Waals surface area contributed by atoms with Gasteiger partial charge in [0.2, 0.25) is 0 Å². The molecule has 2 aliphatic rings. The first-order valence-electron chi connectivity index (χ1n) is 7.57. The van der Waals surface area contributed by atoms with E-state index in [9.17, 15) is 19.2 Å². The normalized spacial score (nSPS) is 24.7. The van der Waals surface area contributed by atoms with Crippen LogP contribution in [-0.2, 0) is 23.9 Å². The van der Waals surface area contributed by atoms with E-state index in [4.69, 9.17) is 9.84 Å². The third kappa shape index (κ3) is 6.37. The third-order valence-corrected chi connectivity index (χ3v) is 3.58. The van der Waals surface area contributed by atoms with E-state index < -0.39 is 17.5 Å². The first kappa shape index (κ1) is 18.3. The average Bonchev–Trinajstić information content (AvgIpc) is 2.96. The van der Waals surface area contributed by atoms with Crippen LogP contribution in [0.3, 0.4) is 0 Å². The van der Waals surface area contributed by atoms with Gasteiger partial charge in [-0.1, -0.05) is 0 Å². The average molecular weight is 312 g/mol. The zero-order valence-corrected chi connectivity index (χ0v) is 13.4. The van der Waals surface area contributed by atoms with Crippen LogP contribution in [0.5, 0.6) is 0 Å². The summed E-state index contributed by atoms with van der Waals surface area (Å²) in [6.07, 6.45) is 2.80.